The minimum Gasteiger partial charge on any atom is -0.577 e. The summed E-state index contributed by atoms with van der Waals surface area (Å²) < 4.78 is 38.7. The Labute approximate surface area is 92.3 Å². The van der Waals surface area contributed by atoms with Crippen molar-refractivity contribution in [1.29, 1.82) is 0 Å². The fourth-order valence-corrected chi connectivity index (χ4v) is 2.00. The zero-order valence-corrected chi connectivity index (χ0v) is 9.35. The van der Waals surface area contributed by atoms with Crippen molar-refractivity contribution in [2.45, 2.75) is 0 Å². The van der Waals surface area contributed by atoms with E-state index in [9.17, 15) is 12.8 Å². The average Bonchev–Trinajstić information content (AvgIpc) is 2.10. The van der Waals surface area contributed by atoms with Gasteiger partial charge in [-0.1, -0.05) is 23.7 Å². The maximum absolute atomic E-state index is 12.7. The van der Waals surface area contributed by atoms with Crippen molar-refractivity contribution in [2.75, 3.05) is 12.3 Å². The largest absolute Gasteiger partial charge is 0.577 e. The van der Waals surface area contributed by atoms with Gasteiger partial charge in [-0.3, -0.25) is 0 Å². The van der Waals surface area contributed by atoms with Crippen LogP contribution in [0.25, 0.3) is 4.72 Å². The smallest absolute Gasteiger partial charge is 0.141 e. The van der Waals surface area contributed by atoms with Crippen LogP contribution in [0.1, 0.15) is 0 Å². The molecule has 1 rings (SSSR count). The van der Waals surface area contributed by atoms with Gasteiger partial charge in [0.2, 0.25) is 0 Å². The van der Waals surface area contributed by atoms with Crippen LogP contribution in [0.4, 0.5) is 10.1 Å². The Kier molecular flexibility index (Phi) is 3.90. The van der Waals surface area contributed by atoms with E-state index in [0.717, 1.165) is 12.1 Å². The van der Waals surface area contributed by atoms with Gasteiger partial charge in [0.15, 0.2) is 0 Å². The number of rotatable bonds is 4. The topological polar surface area (TPSA) is 75.9 Å². The van der Waals surface area contributed by atoms with Gasteiger partial charge in [-0.05, 0) is 6.07 Å². The van der Waals surface area contributed by atoms with Gasteiger partial charge in [0.25, 0.3) is 0 Å². The van der Waals surface area contributed by atoms with E-state index in [2.05, 4.69) is 10.5 Å². The fourth-order valence-electron chi connectivity index (χ4n) is 0.930. The molecule has 84 valence electrons. The van der Waals surface area contributed by atoms with E-state index in [1.165, 1.54) is 6.07 Å². The minimum absolute atomic E-state index is 0.120. The van der Waals surface area contributed by atoms with Crippen LogP contribution in [-0.4, -0.2) is 20.7 Å². The van der Waals surface area contributed by atoms with Crippen LogP contribution in [0.15, 0.2) is 18.2 Å². The number of hydrogen-bond acceptors (Lipinski definition) is 2. The molecule has 7 heteroatoms. The molecule has 0 aliphatic rings. The van der Waals surface area contributed by atoms with Crippen molar-refractivity contribution in [1.82, 2.24) is 0 Å². The van der Waals surface area contributed by atoms with E-state index in [0.29, 0.717) is 0 Å². The van der Waals surface area contributed by atoms with E-state index in [-0.39, 0.29) is 23.0 Å². The quantitative estimate of drug-likeness (QED) is 0.870. The molecular formula is C8H10ClFN2O2S. The number of quaternary nitrogens is 1. The molecule has 0 aliphatic carbocycles. The van der Waals surface area contributed by atoms with Crippen LogP contribution >= 0.6 is 11.6 Å². The van der Waals surface area contributed by atoms with Gasteiger partial charge < -0.3 is 10.5 Å². The molecule has 0 unspecified atom stereocenters. The molecule has 1 aromatic rings. The van der Waals surface area contributed by atoms with Gasteiger partial charge in [-0.15, -0.1) is 5.69 Å². The van der Waals surface area contributed by atoms with E-state index < -0.39 is 15.8 Å². The lowest BCUT2D eigenvalue weighted by Gasteiger charge is -2.20. The van der Waals surface area contributed by atoms with E-state index in [1.807, 2.05) is 0 Å². The molecule has 4 nitrogen and oxygen atoms in total. The first-order valence-electron chi connectivity index (χ1n) is 4.14. The molecule has 0 heterocycles. The first kappa shape index (κ1) is 12.2. The highest BCUT2D eigenvalue weighted by molar-refractivity contribution is 7.94. The maximum Gasteiger partial charge on any atom is 0.141 e. The highest BCUT2D eigenvalue weighted by Gasteiger charge is 2.01. The monoisotopic (exact) mass is 252 g/mol. The highest BCUT2D eigenvalue weighted by Crippen LogP contribution is 2.27. The lowest BCUT2D eigenvalue weighted by Crippen LogP contribution is -2.52. The van der Waals surface area contributed by atoms with Gasteiger partial charge in [0, 0.05) is 0 Å². The van der Waals surface area contributed by atoms with Gasteiger partial charge in [-0.25, -0.2) is 12.8 Å². The zero-order chi connectivity index (χ0) is 11.5. The van der Waals surface area contributed by atoms with Crippen LogP contribution < -0.4 is 5.73 Å². The average molecular weight is 253 g/mol. The lowest BCUT2D eigenvalue weighted by atomic mass is 10.3. The summed E-state index contributed by atoms with van der Waals surface area (Å²) in [6.07, 6.45) is 0. The Morgan fingerprint density at radius 2 is 2.13 bits per heavy atom. The summed E-state index contributed by atoms with van der Waals surface area (Å²) in [5.74, 6) is -0.743. The third kappa shape index (κ3) is 3.65. The van der Waals surface area contributed by atoms with E-state index >= 15 is 0 Å². The van der Waals surface area contributed by atoms with Crippen molar-refractivity contribution in [3.63, 3.8) is 0 Å². The maximum atomic E-state index is 12.7. The molecule has 0 saturated carbocycles. The number of benzene rings is 1. The third-order valence-corrected chi connectivity index (χ3v) is 3.13. The standard InChI is InChI=1S/C8H9ClFN2O2S/c9-7-5-6(1-2-8(7)10)12-15(13,14)4-3-11/h1-2,5H,3-4,11H2/q-1/p+1. The second-order valence-corrected chi connectivity index (χ2v) is 4.99. The van der Waals surface area contributed by atoms with Gasteiger partial charge in [-0.2, -0.15) is 0 Å². The zero-order valence-electron chi connectivity index (χ0n) is 7.78. The molecule has 3 N–H and O–H groups in total. The summed E-state index contributed by atoms with van der Waals surface area (Å²) in [4.78, 5) is 0. The Morgan fingerprint density at radius 1 is 1.47 bits per heavy atom. The van der Waals surface area contributed by atoms with Crippen LogP contribution in [0.3, 0.4) is 0 Å². The molecule has 0 aliphatic heterocycles. The van der Waals surface area contributed by atoms with E-state index in [4.69, 9.17) is 11.6 Å². The summed E-state index contributed by atoms with van der Waals surface area (Å²) >= 11 is 5.48. The van der Waals surface area contributed by atoms with Crippen LogP contribution in [0, 0.1) is 5.82 Å². The molecule has 1 aromatic carbocycles. The molecule has 0 amide bonds. The van der Waals surface area contributed by atoms with Crippen LogP contribution in [-0.2, 0) is 10.0 Å². The molecule has 0 spiro atoms. The predicted molar refractivity (Wildman–Crippen MR) is 56.0 cm³/mol. The summed E-state index contributed by atoms with van der Waals surface area (Å²) in [6, 6.07) is 3.49. The summed E-state index contributed by atoms with van der Waals surface area (Å²) in [5.41, 5.74) is 3.54. The summed E-state index contributed by atoms with van der Waals surface area (Å²) in [5, 5.41) is -0.152. The summed E-state index contributed by atoms with van der Waals surface area (Å²) in [6.45, 7) is 0.237. The Bertz CT molecular complexity index is 450. The normalized spacial score (nSPS) is 11.4. The van der Waals surface area contributed by atoms with Crippen molar-refractivity contribution < 1.29 is 18.5 Å². The van der Waals surface area contributed by atoms with Gasteiger partial charge >= 0.3 is 0 Å². The van der Waals surface area contributed by atoms with Crippen molar-refractivity contribution in [3.05, 3.63) is 33.8 Å². The molecule has 0 bridgehead atoms. The second kappa shape index (κ2) is 4.78. The van der Waals surface area contributed by atoms with Gasteiger partial charge in [0.1, 0.15) is 5.82 Å². The molecule has 0 aromatic heterocycles. The van der Waals surface area contributed by atoms with Gasteiger partial charge in [0.05, 0.1) is 27.3 Å². The SMILES string of the molecule is [NH3+]CCS(=O)(=O)[N-]c1ccc(F)c(Cl)c1. The van der Waals surface area contributed by atoms with Crippen molar-refractivity contribution in [3.8, 4) is 0 Å². The van der Waals surface area contributed by atoms with E-state index in [1.54, 1.807) is 0 Å². The molecule has 15 heavy (non-hydrogen) atoms. The van der Waals surface area contributed by atoms with Crippen LogP contribution in [0.2, 0.25) is 5.02 Å². The van der Waals surface area contributed by atoms with Crippen molar-refractivity contribution in [2.24, 2.45) is 0 Å². The third-order valence-electron chi connectivity index (χ3n) is 1.55. The highest BCUT2D eigenvalue weighted by atomic mass is 35.5. The number of hydrogen-bond donors (Lipinski definition) is 1. The minimum atomic E-state index is -3.53. The second-order valence-electron chi connectivity index (χ2n) is 2.83. The Morgan fingerprint density at radius 3 is 2.67 bits per heavy atom. The number of nitrogens with zero attached hydrogens (tertiary/aromatic N) is 1. The Hall–Kier alpha value is -0.850. The van der Waals surface area contributed by atoms with Crippen molar-refractivity contribution >= 4 is 27.3 Å². The van der Waals surface area contributed by atoms with Crippen LogP contribution in [0.5, 0.6) is 0 Å². The molecule has 0 atom stereocenters. The molecule has 0 saturated heterocycles. The Balaban J connectivity index is 2.86. The molecular weight excluding hydrogens is 243 g/mol. The number of sulfonamides is 1. The summed E-state index contributed by atoms with van der Waals surface area (Å²) in [7, 11) is -3.53. The molecule has 0 radical (unpaired) electrons. The number of halogens is 2. The molecule has 0 fully saturated rings. The first-order valence-corrected chi connectivity index (χ1v) is 6.13. The lowest BCUT2D eigenvalue weighted by molar-refractivity contribution is -0.360. The fraction of sp³-hybridized carbons (Fsp3) is 0.250. The predicted octanol–water partition coefficient (Wildman–Crippen LogP) is 1.06. The first-order chi connectivity index (χ1) is 6.94.